The summed E-state index contributed by atoms with van der Waals surface area (Å²) in [5, 5.41) is 11.3. The average Bonchev–Trinajstić information content (AvgIpc) is 2.53. The predicted molar refractivity (Wildman–Crippen MR) is 79.5 cm³/mol. The number of aromatic nitrogens is 1. The highest BCUT2D eigenvalue weighted by Gasteiger charge is 2.33. The summed E-state index contributed by atoms with van der Waals surface area (Å²) in [6.45, 7) is 1.64. The van der Waals surface area contributed by atoms with E-state index < -0.39 is 22.4 Å². The predicted octanol–water partition coefficient (Wildman–Crippen LogP) is 4.15. The van der Waals surface area contributed by atoms with Gasteiger partial charge in [0.25, 0.3) is 5.69 Å². The van der Waals surface area contributed by atoms with Crippen molar-refractivity contribution in [2.24, 2.45) is 0 Å². The lowest BCUT2D eigenvalue weighted by Crippen LogP contribution is -2.29. The highest BCUT2D eigenvalue weighted by atomic mass is 19.4. The van der Waals surface area contributed by atoms with Crippen LogP contribution in [0.25, 0.3) is 10.9 Å². The number of alkyl halides is 3. The zero-order valence-corrected chi connectivity index (χ0v) is 12.1. The van der Waals surface area contributed by atoms with Crippen LogP contribution in [0.3, 0.4) is 0 Å². The van der Waals surface area contributed by atoms with Crippen LogP contribution in [-0.2, 0) is 6.18 Å². The van der Waals surface area contributed by atoms with Crippen molar-refractivity contribution in [2.75, 3.05) is 18.0 Å². The first-order valence-electron chi connectivity index (χ1n) is 7.26. The van der Waals surface area contributed by atoms with Gasteiger partial charge in [-0.05, 0) is 31.4 Å². The maximum absolute atomic E-state index is 12.9. The minimum atomic E-state index is -4.65. The Kier molecular flexibility index (Phi) is 3.83. The Balaban J connectivity index is 2.14. The molecule has 1 saturated heterocycles. The normalized spacial score (nSPS) is 15.9. The van der Waals surface area contributed by atoms with E-state index in [4.69, 9.17) is 0 Å². The van der Waals surface area contributed by atoms with Crippen molar-refractivity contribution in [3.63, 3.8) is 0 Å². The quantitative estimate of drug-likeness (QED) is 0.615. The van der Waals surface area contributed by atoms with Crippen molar-refractivity contribution in [3.8, 4) is 0 Å². The number of pyridine rings is 1. The molecule has 0 aliphatic carbocycles. The van der Waals surface area contributed by atoms with Crippen LogP contribution in [0, 0.1) is 10.1 Å². The van der Waals surface area contributed by atoms with Gasteiger partial charge >= 0.3 is 6.18 Å². The van der Waals surface area contributed by atoms with Crippen LogP contribution in [-0.4, -0.2) is 23.0 Å². The molecule has 0 atom stereocenters. The van der Waals surface area contributed by atoms with Crippen molar-refractivity contribution in [2.45, 2.75) is 25.4 Å². The number of nitrogens with zero attached hydrogens (tertiary/aromatic N) is 3. The van der Waals surface area contributed by atoms with E-state index in [2.05, 4.69) is 9.88 Å². The second-order valence-electron chi connectivity index (χ2n) is 5.56. The molecule has 1 aromatic carbocycles. The summed E-state index contributed by atoms with van der Waals surface area (Å²) in [7, 11) is 0. The summed E-state index contributed by atoms with van der Waals surface area (Å²) >= 11 is 0. The van der Waals surface area contributed by atoms with Crippen LogP contribution >= 0.6 is 0 Å². The van der Waals surface area contributed by atoms with Gasteiger partial charge in [0.1, 0.15) is 0 Å². The van der Waals surface area contributed by atoms with Gasteiger partial charge in [-0.1, -0.05) is 0 Å². The smallest absolute Gasteiger partial charge is 0.370 e. The second-order valence-corrected chi connectivity index (χ2v) is 5.56. The van der Waals surface area contributed by atoms with Crippen LogP contribution in [0.4, 0.5) is 24.5 Å². The third-order valence-electron chi connectivity index (χ3n) is 4.01. The number of nitro groups is 1. The number of anilines is 1. The molecule has 0 saturated carbocycles. The minimum absolute atomic E-state index is 0.0210. The van der Waals surface area contributed by atoms with Gasteiger partial charge in [-0.25, -0.2) is 0 Å². The Hall–Kier alpha value is -2.38. The number of hydrogen-bond acceptors (Lipinski definition) is 4. The highest BCUT2D eigenvalue weighted by molar-refractivity contribution is 5.91. The Morgan fingerprint density at radius 1 is 1.13 bits per heavy atom. The molecule has 0 unspecified atom stereocenters. The first-order valence-corrected chi connectivity index (χ1v) is 7.26. The Morgan fingerprint density at radius 2 is 1.83 bits per heavy atom. The van der Waals surface area contributed by atoms with Crippen LogP contribution in [0.5, 0.6) is 0 Å². The maximum Gasteiger partial charge on any atom is 0.416 e. The third kappa shape index (κ3) is 3.06. The Bertz CT molecular complexity index is 755. The zero-order chi connectivity index (χ0) is 16.6. The van der Waals surface area contributed by atoms with Gasteiger partial charge in [-0.15, -0.1) is 0 Å². The largest absolute Gasteiger partial charge is 0.416 e. The molecule has 0 amide bonds. The summed E-state index contributed by atoms with van der Waals surface area (Å²) in [5.74, 6) is 0. The lowest BCUT2D eigenvalue weighted by molar-refractivity contribution is -0.383. The number of hydrogen-bond donors (Lipinski definition) is 0. The van der Waals surface area contributed by atoms with E-state index in [1.54, 1.807) is 6.07 Å². The second kappa shape index (κ2) is 5.68. The first kappa shape index (κ1) is 15.5. The van der Waals surface area contributed by atoms with E-state index in [9.17, 15) is 23.3 Å². The molecular weight excluding hydrogens is 311 g/mol. The number of halogens is 3. The minimum Gasteiger partial charge on any atom is -0.370 e. The highest BCUT2D eigenvalue weighted by Crippen LogP contribution is 2.36. The van der Waals surface area contributed by atoms with Gasteiger partial charge in [-0.2, -0.15) is 13.2 Å². The number of fused-ring (bicyclic) bond motifs is 1. The Labute approximate surface area is 129 Å². The number of benzene rings is 1. The molecule has 0 N–H and O–H groups in total. The van der Waals surface area contributed by atoms with Gasteiger partial charge in [0.05, 0.1) is 33.3 Å². The standard InChI is InChI=1S/C15H14F3N3O2/c16-15(17,18)10-6-13-12(14(7-10)21(22)23)8-11(9-19-13)20-4-2-1-3-5-20/h6-9H,1-5H2. The van der Waals surface area contributed by atoms with E-state index in [1.165, 1.54) is 6.20 Å². The van der Waals surface area contributed by atoms with Gasteiger partial charge in [-0.3, -0.25) is 15.1 Å². The zero-order valence-electron chi connectivity index (χ0n) is 12.1. The summed E-state index contributed by atoms with van der Waals surface area (Å²) in [6, 6.07) is 2.98. The van der Waals surface area contributed by atoms with Crippen molar-refractivity contribution in [1.82, 2.24) is 4.98 Å². The molecule has 122 valence electrons. The van der Waals surface area contributed by atoms with Crippen molar-refractivity contribution in [1.29, 1.82) is 0 Å². The van der Waals surface area contributed by atoms with E-state index >= 15 is 0 Å². The Morgan fingerprint density at radius 3 is 2.43 bits per heavy atom. The number of piperidine rings is 1. The number of non-ortho nitro benzene ring substituents is 1. The van der Waals surface area contributed by atoms with Crippen LogP contribution in [0.1, 0.15) is 24.8 Å². The van der Waals surface area contributed by atoms with Gasteiger partial charge in [0.2, 0.25) is 0 Å². The molecule has 8 heteroatoms. The van der Waals surface area contributed by atoms with Gasteiger partial charge in [0.15, 0.2) is 0 Å². The monoisotopic (exact) mass is 325 g/mol. The van der Waals surface area contributed by atoms with E-state index in [1.807, 2.05) is 0 Å². The molecule has 0 spiro atoms. The van der Waals surface area contributed by atoms with Gasteiger partial charge < -0.3 is 4.90 Å². The number of nitro benzene ring substituents is 1. The van der Waals surface area contributed by atoms with E-state index in [0.717, 1.165) is 38.4 Å². The summed E-state index contributed by atoms with van der Waals surface area (Å²) in [6.07, 6.45) is 0.0105. The summed E-state index contributed by atoms with van der Waals surface area (Å²) in [5.41, 5.74) is -0.941. The fourth-order valence-corrected chi connectivity index (χ4v) is 2.84. The van der Waals surface area contributed by atoms with Crippen LogP contribution in [0.2, 0.25) is 0 Å². The number of rotatable bonds is 2. The molecule has 0 radical (unpaired) electrons. The molecule has 3 rings (SSSR count). The maximum atomic E-state index is 12.9. The third-order valence-corrected chi connectivity index (χ3v) is 4.01. The van der Waals surface area contributed by atoms with Crippen molar-refractivity contribution in [3.05, 3.63) is 40.1 Å². The molecule has 23 heavy (non-hydrogen) atoms. The molecule has 1 fully saturated rings. The van der Waals surface area contributed by atoms with Crippen LogP contribution in [0.15, 0.2) is 24.4 Å². The summed E-state index contributed by atoms with van der Waals surface area (Å²) < 4.78 is 38.6. The molecule has 1 aliphatic heterocycles. The fourth-order valence-electron chi connectivity index (χ4n) is 2.84. The molecule has 2 heterocycles. The molecule has 5 nitrogen and oxygen atoms in total. The van der Waals surface area contributed by atoms with Gasteiger partial charge in [0, 0.05) is 19.2 Å². The van der Waals surface area contributed by atoms with Crippen molar-refractivity contribution >= 4 is 22.3 Å². The lowest BCUT2D eigenvalue weighted by Gasteiger charge is -2.28. The molecule has 1 aromatic heterocycles. The van der Waals surface area contributed by atoms with E-state index in [-0.39, 0.29) is 10.9 Å². The average molecular weight is 325 g/mol. The molecule has 2 aromatic rings. The molecular formula is C15H14F3N3O2. The topological polar surface area (TPSA) is 59.3 Å². The van der Waals surface area contributed by atoms with Crippen LogP contribution < -0.4 is 4.90 Å². The first-order chi connectivity index (χ1) is 10.9. The van der Waals surface area contributed by atoms with Crippen molar-refractivity contribution < 1.29 is 18.1 Å². The van der Waals surface area contributed by atoms with E-state index in [0.29, 0.717) is 11.8 Å². The summed E-state index contributed by atoms with van der Waals surface area (Å²) in [4.78, 5) is 16.5. The molecule has 1 aliphatic rings. The lowest BCUT2D eigenvalue weighted by atomic mass is 10.1. The fraction of sp³-hybridized carbons (Fsp3) is 0.400. The SMILES string of the molecule is O=[N+]([O-])c1cc(C(F)(F)F)cc2ncc(N3CCCCC3)cc12. The molecule has 0 bridgehead atoms.